The minimum atomic E-state index is -0.842. The van der Waals surface area contributed by atoms with E-state index in [1.54, 1.807) is 0 Å². The monoisotopic (exact) mass is 265 g/mol. The highest BCUT2D eigenvalue weighted by atomic mass is 19.1. The van der Waals surface area contributed by atoms with E-state index in [0.717, 1.165) is 0 Å². The van der Waals surface area contributed by atoms with Gasteiger partial charge in [-0.1, -0.05) is 6.07 Å². The van der Waals surface area contributed by atoms with E-state index >= 15 is 0 Å². The number of hydrogen-bond donors (Lipinski definition) is 3. The van der Waals surface area contributed by atoms with Crippen LogP contribution in [0.2, 0.25) is 0 Å². The van der Waals surface area contributed by atoms with Crippen LogP contribution in [0.15, 0.2) is 18.2 Å². The summed E-state index contributed by atoms with van der Waals surface area (Å²) in [6, 6.07) is 3.20. The van der Waals surface area contributed by atoms with Crippen molar-refractivity contribution in [3.63, 3.8) is 0 Å². The summed E-state index contributed by atoms with van der Waals surface area (Å²) in [5.74, 6) is -2.54. The molecule has 0 bridgehead atoms. The van der Waals surface area contributed by atoms with Crippen molar-refractivity contribution < 1.29 is 18.8 Å². The maximum Gasteiger partial charge on any atom is 0.254 e. The highest BCUT2D eigenvalue weighted by molar-refractivity contribution is 6.04. The van der Waals surface area contributed by atoms with Crippen molar-refractivity contribution in [2.24, 2.45) is 0 Å². The first-order valence-electron chi connectivity index (χ1n) is 5.67. The van der Waals surface area contributed by atoms with Crippen molar-refractivity contribution in [2.75, 3.05) is 5.73 Å². The van der Waals surface area contributed by atoms with Gasteiger partial charge in [-0.2, -0.15) is 0 Å². The van der Waals surface area contributed by atoms with Crippen LogP contribution in [-0.4, -0.2) is 23.8 Å². The Labute approximate surface area is 108 Å². The second kappa shape index (κ2) is 5.05. The van der Waals surface area contributed by atoms with Gasteiger partial charge in [-0.25, -0.2) is 4.39 Å². The molecule has 1 aliphatic rings. The van der Waals surface area contributed by atoms with Gasteiger partial charge in [0.25, 0.3) is 5.91 Å². The SMILES string of the molecule is Nc1cccc(C(=O)NC2CCC(=O)NC2=O)c1F. The first-order valence-corrected chi connectivity index (χ1v) is 5.67. The molecule has 19 heavy (non-hydrogen) atoms. The van der Waals surface area contributed by atoms with E-state index in [-0.39, 0.29) is 30.0 Å². The lowest BCUT2D eigenvalue weighted by Gasteiger charge is -2.21. The van der Waals surface area contributed by atoms with Crippen molar-refractivity contribution in [1.29, 1.82) is 0 Å². The number of rotatable bonds is 2. The number of carbonyl (C=O) groups excluding carboxylic acids is 3. The number of carbonyl (C=O) groups is 3. The summed E-state index contributed by atoms with van der Waals surface area (Å²) in [4.78, 5) is 34.3. The fourth-order valence-electron chi connectivity index (χ4n) is 1.79. The zero-order valence-electron chi connectivity index (χ0n) is 9.90. The molecule has 1 unspecified atom stereocenters. The number of anilines is 1. The predicted molar refractivity (Wildman–Crippen MR) is 64.5 cm³/mol. The lowest BCUT2D eigenvalue weighted by molar-refractivity contribution is -0.134. The highest BCUT2D eigenvalue weighted by Gasteiger charge is 2.28. The largest absolute Gasteiger partial charge is 0.396 e. The van der Waals surface area contributed by atoms with Gasteiger partial charge in [-0.15, -0.1) is 0 Å². The van der Waals surface area contributed by atoms with Crippen molar-refractivity contribution in [3.05, 3.63) is 29.6 Å². The molecule has 100 valence electrons. The first-order chi connectivity index (χ1) is 8.99. The Kier molecular flexibility index (Phi) is 3.46. The van der Waals surface area contributed by atoms with Crippen molar-refractivity contribution in [1.82, 2.24) is 10.6 Å². The van der Waals surface area contributed by atoms with E-state index in [1.807, 2.05) is 0 Å². The van der Waals surface area contributed by atoms with Crippen LogP contribution in [0.4, 0.5) is 10.1 Å². The molecule has 0 aliphatic carbocycles. The summed E-state index contributed by atoms with van der Waals surface area (Å²) < 4.78 is 13.6. The number of halogens is 1. The Morgan fingerprint density at radius 3 is 2.84 bits per heavy atom. The summed E-state index contributed by atoms with van der Waals surface area (Å²) in [6.45, 7) is 0. The lowest BCUT2D eigenvalue weighted by atomic mass is 10.1. The normalized spacial score (nSPS) is 18.9. The average Bonchev–Trinajstić information content (AvgIpc) is 2.36. The third kappa shape index (κ3) is 2.70. The number of nitrogens with two attached hydrogens (primary N) is 1. The summed E-state index contributed by atoms with van der Waals surface area (Å²) in [5.41, 5.74) is 4.98. The molecule has 0 saturated carbocycles. The Bertz CT molecular complexity index is 559. The van der Waals surface area contributed by atoms with Crippen LogP contribution < -0.4 is 16.4 Å². The molecule has 1 heterocycles. The third-order valence-electron chi connectivity index (χ3n) is 2.82. The molecule has 1 aromatic carbocycles. The van der Waals surface area contributed by atoms with Crippen LogP contribution in [0, 0.1) is 5.82 Å². The first kappa shape index (κ1) is 13.0. The molecule has 1 saturated heterocycles. The molecule has 1 aliphatic heterocycles. The van der Waals surface area contributed by atoms with Crippen LogP contribution in [0.1, 0.15) is 23.2 Å². The molecule has 0 radical (unpaired) electrons. The van der Waals surface area contributed by atoms with Gasteiger partial charge in [-0.3, -0.25) is 19.7 Å². The highest BCUT2D eigenvalue weighted by Crippen LogP contribution is 2.15. The van der Waals surface area contributed by atoms with Gasteiger partial charge in [0.1, 0.15) is 6.04 Å². The van der Waals surface area contributed by atoms with Gasteiger partial charge < -0.3 is 11.1 Å². The van der Waals surface area contributed by atoms with Crippen LogP contribution in [0.5, 0.6) is 0 Å². The standard InChI is InChI=1S/C12H12FN3O3/c13-10-6(2-1-3-7(10)14)11(18)15-8-4-5-9(17)16-12(8)19/h1-3,8H,4-5,14H2,(H,15,18)(H,16,17,19). The van der Waals surface area contributed by atoms with Crippen LogP contribution in [0.3, 0.4) is 0 Å². The maximum atomic E-state index is 13.6. The number of hydrogen-bond acceptors (Lipinski definition) is 4. The van der Waals surface area contributed by atoms with E-state index in [1.165, 1.54) is 18.2 Å². The number of benzene rings is 1. The van der Waals surface area contributed by atoms with Gasteiger partial charge in [0.2, 0.25) is 11.8 Å². The lowest BCUT2D eigenvalue weighted by Crippen LogP contribution is -2.52. The van der Waals surface area contributed by atoms with Crippen LogP contribution >= 0.6 is 0 Å². The molecule has 0 aromatic heterocycles. The third-order valence-corrected chi connectivity index (χ3v) is 2.82. The number of amides is 3. The summed E-state index contributed by atoms with van der Waals surface area (Å²) in [5, 5.41) is 4.48. The van der Waals surface area contributed by atoms with E-state index in [2.05, 4.69) is 10.6 Å². The number of piperidine rings is 1. The average molecular weight is 265 g/mol. The smallest absolute Gasteiger partial charge is 0.254 e. The predicted octanol–water partition coefficient (Wildman–Crippen LogP) is -0.0571. The molecule has 1 atom stereocenters. The van der Waals surface area contributed by atoms with Crippen LogP contribution in [0.25, 0.3) is 0 Å². The Morgan fingerprint density at radius 2 is 2.16 bits per heavy atom. The second-order valence-electron chi connectivity index (χ2n) is 4.19. The number of nitrogens with one attached hydrogen (secondary N) is 2. The number of nitrogen functional groups attached to an aromatic ring is 1. The van der Waals surface area contributed by atoms with Crippen molar-refractivity contribution in [3.8, 4) is 0 Å². The van der Waals surface area contributed by atoms with Crippen molar-refractivity contribution >= 4 is 23.4 Å². The molecule has 7 heteroatoms. The van der Waals surface area contributed by atoms with Gasteiger partial charge in [0.05, 0.1) is 11.3 Å². The Morgan fingerprint density at radius 1 is 1.42 bits per heavy atom. The molecule has 3 amide bonds. The molecule has 1 aromatic rings. The molecular formula is C12H12FN3O3. The fourth-order valence-corrected chi connectivity index (χ4v) is 1.79. The molecular weight excluding hydrogens is 253 g/mol. The summed E-state index contributed by atoms with van der Waals surface area (Å²) >= 11 is 0. The molecule has 1 fully saturated rings. The van der Waals surface area contributed by atoms with Gasteiger partial charge in [0.15, 0.2) is 5.82 Å². The minimum absolute atomic E-state index is 0.135. The second-order valence-corrected chi connectivity index (χ2v) is 4.19. The van der Waals surface area contributed by atoms with Gasteiger partial charge in [0, 0.05) is 6.42 Å². The quantitative estimate of drug-likeness (QED) is 0.515. The topological polar surface area (TPSA) is 101 Å². The Balaban J connectivity index is 2.11. The van der Waals surface area contributed by atoms with E-state index < -0.39 is 23.7 Å². The van der Waals surface area contributed by atoms with Gasteiger partial charge >= 0.3 is 0 Å². The molecule has 0 spiro atoms. The zero-order valence-corrected chi connectivity index (χ0v) is 9.90. The molecule has 6 nitrogen and oxygen atoms in total. The molecule has 2 rings (SSSR count). The van der Waals surface area contributed by atoms with E-state index in [4.69, 9.17) is 5.73 Å². The number of imide groups is 1. The van der Waals surface area contributed by atoms with Crippen LogP contribution in [-0.2, 0) is 9.59 Å². The maximum absolute atomic E-state index is 13.6. The zero-order chi connectivity index (χ0) is 14.0. The van der Waals surface area contributed by atoms with E-state index in [0.29, 0.717) is 0 Å². The summed E-state index contributed by atoms with van der Waals surface area (Å²) in [6.07, 6.45) is 0.330. The van der Waals surface area contributed by atoms with Crippen molar-refractivity contribution in [2.45, 2.75) is 18.9 Å². The Hall–Kier alpha value is -2.44. The molecule has 4 N–H and O–H groups in total. The summed E-state index contributed by atoms with van der Waals surface area (Å²) in [7, 11) is 0. The van der Waals surface area contributed by atoms with Gasteiger partial charge in [-0.05, 0) is 18.6 Å². The minimum Gasteiger partial charge on any atom is -0.396 e. The van der Waals surface area contributed by atoms with E-state index in [9.17, 15) is 18.8 Å². The fraction of sp³-hybridized carbons (Fsp3) is 0.250.